The van der Waals surface area contributed by atoms with E-state index in [1.54, 1.807) is 6.92 Å². The molecule has 0 aliphatic rings. The molecule has 0 spiro atoms. The Hall–Kier alpha value is -2.55. The second-order valence-electron chi connectivity index (χ2n) is 5.29. The van der Waals surface area contributed by atoms with Gasteiger partial charge >= 0.3 is 17.7 Å². The molecular weight excluding hydrogens is 398 g/mol. The molecule has 25 heavy (non-hydrogen) atoms. The van der Waals surface area contributed by atoms with Crippen LogP contribution in [0.4, 0.5) is 4.79 Å². The largest absolute Gasteiger partial charge is 0.507 e. The number of aromatic hydroxyl groups is 1. The van der Waals surface area contributed by atoms with Crippen molar-refractivity contribution in [3.05, 3.63) is 38.7 Å². The fraction of sp³-hybridized carbons (Fsp3) is 0.312. The van der Waals surface area contributed by atoms with E-state index in [2.05, 4.69) is 21.2 Å². The third-order valence-corrected chi connectivity index (χ3v) is 4.06. The van der Waals surface area contributed by atoms with Crippen molar-refractivity contribution >= 4 is 39.0 Å². The fourth-order valence-electron chi connectivity index (χ4n) is 2.23. The monoisotopic (exact) mass is 413 g/mol. The van der Waals surface area contributed by atoms with Crippen LogP contribution in [0.25, 0.3) is 11.0 Å². The standard InChI is InChI=1S/C16H16BrNO7/c1-2-3-11(15(21)22)18-16(23)24-7-8-4-14(20)25-13-6-12(19)10(17)5-9(8)13/h4-6,11,19H,2-3,7H2,1H3,(H,18,23)(H,21,22)/t11-/m0/s1. The number of hydrogen-bond acceptors (Lipinski definition) is 6. The number of aliphatic carboxylic acids is 1. The van der Waals surface area contributed by atoms with Crippen LogP contribution in [-0.2, 0) is 16.1 Å². The number of rotatable bonds is 6. The van der Waals surface area contributed by atoms with Crippen molar-refractivity contribution in [1.29, 1.82) is 0 Å². The van der Waals surface area contributed by atoms with Crippen LogP contribution < -0.4 is 10.9 Å². The first-order valence-electron chi connectivity index (χ1n) is 7.43. The molecule has 0 aliphatic heterocycles. The van der Waals surface area contributed by atoms with Crippen LogP contribution in [0.3, 0.4) is 0 Å². The Morgan fingerprint density at radius 3 is 2.72 bits per heavy atom. The Balaban J connectivity index is 2.17. The van der Waals surface area contributed by atoms with E-state index in [-0.39, 0.29) is 24.4 Å². The highest BCUT2D eigenvalue weighted by molar-refractivity contribution is 9.10. The van der Waals surface area contributed by atoms with Gasteiger partial charge in [0.2, 0.25) is 0 Å². The van der Waals surface area contributed by atoms with Crippen molar-refractivity contribution < 1.29 is 29.0 Å². The summed E-state index contributed by atoms with van der Waals surface area (Å²) in [5.74, 6) is -1.25. The Labute approximate surface area is 150 Å². The van der Waals surface area contributed by atoms with Crippen LogP contribution in [0, 0.1) is 0 Å². The number of phenolic OH excluding ortho intramolecular Hbond substituents is 1. The molecule has 1 heterocycles. The summed E-state index contributed by atoms with van der Waals surface area (Å²) in [6.45, 7) is 1.54. The first-order chi connectivity index (χ1) is 11.8. The summed E-state index contributed by atoms with van der Waals surface area (Å²) >= 11 is 3.16. The van der Waals surface area contributed by atoms with E-state index in [9.17, 15) is 19.5 Å². The van der Waals surface area contributed by atoms with Crippen LogP contribution in [0.1, 0.15) is 25.3 Å². The maximum Gasteiger partial charge on any atom is 0.408 e. The summed E-state index contributed by atoms with van der Waals surface area (Å²) in [7, 11) is 0. The predicted molar refractivity (Wildman–Crippen MR) is 91.5 cm³/mol. The predicted octanol–water partition coefficient (Wildman–Crippen LogP) is 2.74. The quantitative estimate of drug-likeness (QED) is 0.621. The van der Waals surface area contributed by atoms with Gasteiger partial charge in [-0.1, -0.05) is 13.3 Å². The summed E-state index contributed by atoms with van der Waals surface area (Å²) in [5.41, 5.74) is -0.159. The normalized spacial score (nSPS) is 11.9. The number of phenols is 1. The average Bonchev–Trinajstić information content (AvgIpc) is 2.53. The summed E-state index contributed by atoms with van der Waals surface area (Å²) < 4.78 is 10.4. The zero-order valence-corrected chi connectivity index (χ0v) is 14.8. The van der Waals surface area contributed by atoms with E-state index in [0.717, 1.165) is 0 Å². The lowest BCUT2D eigenvalue weighted by Gasteiger charge is -2.14. The van der Waals surface area contributed by atoms with Crippen LogP contribution in [0.2, 0.25) is 0 Å². The Bertz CT molecular complexity index is 861. The second-order valence-corrected chi connectivity index (χ2v) is 6.14. The van der Waals surface area contributed by atoms with E-state index in [0.29, 0.717) is 21.8 Å². The molecule has 2 rings (SSSR count). The number of nitrogens with one attached hydrogen (secondary N) is 1. The number of carboxylic acid groups (broad SMARTS) is 1. The molecule has 9 heteroatoms. The average molecular weight is 414 g/mol. The van der Waals surface area contributed by atoms with E-state index in [1.165, 1.54) is 18.2 Å². The Morgan fingerprint density at radius 2 is 2.08 bits per heavy atom. The molecule has 8 nitrogen and oxygen atoms in total. The molecular formula is C16H16BrNO7. The topological polar surface area (TPSA) is 126 Å². The molecule has 0 saturated carbocycles. The number of carbonyl (C=O) groups excluding carboxylic acids is 1. The number of fused-ring (bicyclic) bond motifs is 1. The first-order valence-corrected chi connectivity index (χ1v) is 8.22. The first kappa shape index (κ1) is 18.8. The van der Waals surface area contributed by atoms with Crippen molar-refractivity contribution in [2.45, 2.75) is 32.4 Å². The van der Waals surface area contributed by atoms with E-state index in [4.69, 9.17) is 14.3 Å². The number of carboxylic acids is 1. The van der Waals surface area contributed by atoms with E-state index in [1.807, 2.05) is 0 Å². The summed E-state index contributed by atoms with van der Waals surface area (Å²) in [5, 5.41) is 21.4. The van der Waals surface area contributed by atoms with Crippen LogP contribution in [0.15, 0.2) is 31.9 Å². The lowest BCUT2D eigenvalue weighted by molar-refractivity contribution is -0.139. The molecule has 1 aromatic carbocycles. The number of amides is 1. The molecule has 1 amide bonds. The van der Waals surface area contributed by atoms with Gasteiger partial charge in [-0.25, -0.2) is 14.4 Å². The van der Waals surface area contributed by atoms with Crippen molar-refractivity contribution in [1.82, 2.24) is 5.32 Å². The SMILES string of the molecule is CCC[C@H](NC(=O)OCc1cc(=O)oc2cc(O)c(Br)cc12)C(=O)O. The summed E-state index contributed by atoms with van der Waals surface area (Å²) in [4.78, 5) is 34.4. The van der Waals surface area contributed by atoms with Gasteiger partial charge in [-0.2, -0.15) is 0 Å². The lowest BCUT2D eigenvalue weighted by Crippen LogP contribution is -2.40. The van der Waals surface area contributed by atoms with Gasteiger partial charge in [0.1, 0.15) is 24.0 Å². The maximum absolute atomic E-state index is 11.8. The van der Waals surface area contributed by atoms with Gasteiger partial charge in [0, 0.05) is 23.1 Å². The highest BCUT2D eigenvalue weighted by Crippen LogP contribution is 2.30. The number of carbonyl (C=O) groups is 2. The molecule has 0 aliphatic carbocycles. The van der Waals surface area contributed by atoms with Gasteiger partial charge in [0.25, 0.3) is 0 Å². The van der Waals surface area contributed by atoms with Crippen molar-refractivity contribution in [2.75, 3.05) is 0 Å². The smallest absolute Gasteiger partial charge is 0.408 e. The minimum absolute atomic E-state index is 0.102. The van der Waals surface area contributed by atoms with E-state index >= 15 is 0 Å². The van der Waals surface area contributed by atoms with Crippen LogP contribution >= 0.6 is 15.9 Å². The van der Waals surface area contributed by atoms with Gasteiger partial charge in [0.05, 0.1) is 4.47 Å². The lowest BCUT2D eigenvalue weighted by atomic mass is 10.1. The zero-order chi connectivity index (χ0) is 18.6. The number of hydrogen-bond donors (Lipinski definition) is 3. The molecule has 3 N–H and O–H groups in total. The Kier molecular flexibility index (Phi) is 6.02. The van der Waals surface area contributed by atoms with Gasteiger partial charge in [0.15, 0.2) is 0 Å². The molecule has 1 atom stereocenters. The second kappa shape index (κ2) is 8.02. The highest BCUT2D eigenvalue weighted by Gasteiger charge is 2.20. The molecule has 0 saturated heterocycles. The van der Waals surface area contributed by atoms with Gasteiger partial charge in [-0.05, 0) is 28.4 Å². The summed E-state index contributed by atoms with van der Waals surface area (Å²) in [6.07, 6.45) is -0.0479. The van der Waals surface area contributed by atoms with E-state index < -0.39 is 23.7 Å². The van der Waals surface area contributed by atoms with Crippen LogP contribution in [-0.4, -0.2) is 28.3 Å². The molecule has 0 fully saturated rings. The number of halogens is 1. The minimum atomic E-state index is -1.15. The van der Waals surface area contributed by atoms with Crippen molar-refractivity contribution in [3.63, 3.8) is 0 Å². The molecule has 0 unspecified atom stereocenters. The molecule has 0 bridgehead atoms. The molecule has 1 aromatic heterocycles. The van der Waals surface area contributed by atoms with Gasteiger partial charge < -0.3 is 24.7 Å². The molecule has 0 radical (unpaired) electrons. The van der Waals surface area contributed by atoms with Crippen LogP contribution in [0.5, 0.6) is 5.75 Å². The van der Waals surface area contributed by atoms with Crippen molar-refractivity contribution in [3.8, 4) is 5.75 Å². The number of alkyl carbamates (subject to hydrolysis) is 1. The van der Waals surface area contributed by atoms with Crippen molar-refractivity contribution in [2.24, 2.45) is 0 Å². The van der Waals surface area contributed by atoms with Gasteiger partial charge in [-0.15, -0.1) is 0 Å². The van der Waals surface area contributed by atoms with Gasteiger partial charge in [-0.3, -0.25) is 0 Å². The third-order valence-electron chi connectivity index (χ3n) is 3.42. The minimum Gasteiger partial charge on any atom is -0.507 e. The highest BCUT2D eigenvalue weighted by atomic mass is 79.9. The number of ether oxygens (including phenoxy) is 1. The summed E-state index contributed by atoms with van der Waals surface area (Å²) in [6, 6.07) is 2.92. The Morgan fingerprint density at radius 1 is 1.36 bits per heavy atom. The third kappa shape index (κ3) is 4.72. The number of benzene rings is 1. The molecule has 134 valence electrons. The maximum atomic E-state index is 11.8. The fourth-order valence-corrected chi connectivity index (χ4v) is 2.57. The zero-order valence-electron chi connectivity index (χ0n) is 13.2. The molecule has 2 aromatic rings.